The molecule has 2 aliphatic rings. The van der Waals surface area contributed by atoms with Crippen LogP contribution in [0.4, 0.5) is 4.79 Å². The van der Waals surface area contributed by atoms with E-state index in [4.69, 9.17) is 4.74 Å². The van der Waals surface area contributed by atoms with E-state index in [2.05, 4.69) is 28.8 Å². The lowest BCUT2D eigenvalue weighted by Crippen LogP contribution is -2.46. The van der Waals surface area contributed by atoms with Crippen LogP contribution in [0.25, 0.3) is 0 Å². The van der Waals surface area contributed by atoms with Crippen LogP contribution < -0.4 is 10.6 Å². The molecular formula is C24H29N3O3. The van der Waals surface area contributed by atoms with E-state index < -0.39 is 5.92 Å². The van der Waals surface area contributed by atoms with Crippen molar-refractivity contribution < 1.29 is 14.3 Å². The van der Waals surface area contributed by atoms with E-state index in [1.807, 2.05) is 35.2 Å². The fraction of sp³-hybridized carbons (Fsp3) is 0.417. The SMILES string of the molecule is O=C(NCc1ccc2c(c1)CCC2)NCC(C(=O)N1CCOCC1)c1ccccc1. The van der Waals surface area contributed by atoms with Crippen molar-refractivity contribution >= 4 is 11.9 Å². The summed E-state index contributed by atoms with van der Waals surface area (Å²) < 4.78 is 5.36. The maximum atomic E-state index is 13.1. The average molecular weight is 408 g/mol. The summed E-state index contributed by atoms with van der Waals surface area (Å²) in [5.41, 5.74) is 4.84. The molecular weight excluding hydrogens is 378 g/mol. The molecule has 1 saturated heterocycles. The number of benzene rings is 2. The van der Waals surface area contributed by atoms with E-state index in [0.29, 0.717) is 32.8 Å². The van der Waals surface area contributed by atoms with Crippen LogP contribution >= 0.6 is 0 Å². The maximum Gasteiger partial charge on any atom is 0.315 e. The standard InChI is InChI=1S/C24H29N3O3/c28-23(27-11-13-30-14-12-27)22(20-5-2-1-3-6-20)17-26-24(29)25-16-18-9-10-19-7-4-8-21(19)15-18/h1-3,5-6,9-10,15,22H,4,7-8,11-14,16-17H2,(H2,25,26,29). The Labute approximate surface area is 177 Å². The van der Waals surface area contributed by atoms with Gasteiger partial charge in [-0.1, -0.05) is 48.5 Å². The van der Waals surface area contributed by atoms with Crippen molar-refractivity contribution in [3.63, 3.8) is 0 Å². The molecule has 1 aliphatic carbocycles. The van der Waals surface area contributed by atoms with Gasteiger partial charge >= 0.3 is 6.03 Å². The van der Waals surface area contributed by atoms with Crippen molar-refractivity contribution in [3.8, 4) is 0 Å². The summed E-state index contributed by atoms with van der Waals surface area (Å²) in [6.45, 7) is 3.03. The topological polar surface area (TPSA) is 70.7 Å². The van der Waals surface area contributed by atoms with Gasteiger partial charge in [-0.3, -0.25) is 4.79 Å². The number of hydrogen-bond acceptors (Lipinski definition) is 3. The third-order valence-corrected chi connectivity index (χ3v) is 5.91. The molecule has 0 saturated carbocycles. The molecule has 0 aromatic heterocycles. The van der Waals surface area contributed by atoms with Crippen LogP contribution in [0.3, 0.4) is 0 Å². The number of amides is 3. The van der Waals surface area contributed by atoms with Crippen molar-refractivity contribution in [1.29, 1.82) is 0 Å². The third kappa shape index (κ3) is 5.00. The van der Waals surface area contributed by atoms with Gasteiger partial charge in [0.25, 0.3) is 0 Å². The van der Waals surface area contributed by atoms with Gasteiger partial charge in [0.2, 0.25) is 5.91 Å². The molecule has 2 aromatic carbocycles. The third-order valence-electron chi connectivity index (χ3n) is 5.91. The minimum Gasteiger partial charge on any atom is -0.378 e. The molecule has 158 valence electrons. The fourth-order valence-corrected chi connectivity index (χ4v) is 4.21. The number of nitrogens with zero attached hydrogens (tertiary/aromatic N) is 1. The normalized spacial score (nSPS) is 16.6. The van der Waals surface area contributed by atoms with E-state index >= 15 is 0 Å². The molecule has 0 spiro atoms. The van der Waals surface area contributed by atoms with E-state index in [0.717, 1.165) is 24.0 Å². The second-order valence-corrected chi connectivity index (χ2v) is 7.92. The van der Waals surface area contributed by atoms with Crippen LogP contribution in [-0.4, -0.2) is 49.7 Å². The number of rotatable bonds is 6. The number of hydrogen-bond donors (Lipinski definition) is 2. The van der Waals surface area contributed by atoms with E-state index in [-0.39, 0.29) is 18.5 Å². The predicted molar refractivity (Wildman–Crippen MR) is 115 cm³/mol. The van der Waals surface area contributed by atoms with Crippen molar-refractivity contribution in [2.24, 2.45) is 0 Å². The Morgan fingerprint density at radius 1 is 0.967 bits per heavy atom. The minimum absolute atomic E-state index is 0.0309. The zero-order valence-corrected chi connectivity index (χ0v) is 17.2. The van der Waals surface area contributed by atoms with Gasteiger partial charge in [-0.05, 0) is 41.5 Å². The number of nitrogens with one attached hydrogen (secondary N) is 2. The van der Waals surface area contributed by atoms with Gasteiger partial charge in [-0.25, -0.2) is 4.79 Å². The Morgan fingerprint density at radius 2 is 1.73 bits per heavy atom. The maximum absolute atomic E-state index is 13.1. The Bertz CT molecular complexity index is 879. The van der Waals surface area contributed by atoms with Crippen LogP contribution in [0, 0.1) is 0 Å². The summed E-state index contributed by atoms with van der Waals surface area (Å²) in [6.07, 6.45) is 3.49. The van der Waals surface area contributed by atoms with Crippen molar-refractivity contribution in [2.45, 2.75) is 31.7 Å². The first-order valence-electron chi connectivity index (χ1n) is 10.7. The van der Waals surface area contributed by atoms with Crippen LogP contribution in [-0.2, 0) is 28.9 Å². The lowest BCUT2D eigenvalue weighted by Gasteiger charge is -2.30. The molecule has 6 nitrogen and oxygen atoms in total. The van der Waals surface area contributed by atoms with Crippen LogP contribution in [0.5, 0.6) is 0 Å². The Kier molecular flexibility index (Phi) is 6.64. The minimum atomic E-state index is -0.407. The van der Waals surface area contributed by atoms with E-state index in [9.17, 15) is 9.59 Å². The summed E-state index contributed by atoms with van der Waals surface area (Å²) >= 11 is 0. The van der Waals surface area contributed by atoms with Crippen molar-refractivity contribution in [3.05, 3.63) is 70.8 Å². The van der Waals surface area contributed by atoms with Crippen molar-refractivity contribution in [1.82, 2.24) is 15.5 Å². The molecule has 30 heavy (non-hydrogen) atoms. The average Bonchev–Trinajstić information content (AvgIpc) is 3.27. The quantitative estimate of drug-likeness (QED) is 0.773. The molecule has 1 fully saturated rings. The number of urea groups is 1. The number of carbonyl (C=O) groups is 2. The zero-order valence-electron chi connectivity index (χ0n) is 17.2. The smallest absolute Gasteiger partial charge is 0.315 e. The molecule has 1 unspecified atom stereocenters. The fourth-order valence-electron chi connectivity index (χ4n) is 4.21. The van der Waals surface area contributed by atoms with E-state index in [1.165, 1.54) is 17.5 Å². The molecule has 0 radical (unpaired) electrons. The van der Waals surface area contributed by atoms with Gasteiger partial charge in [0, 0.05) is 26.2 Å². The summed E-state index contributed by atoms with van der Waals surface area (Å²) in [6, 6.07) is 15.8. The molecule has 6 heteroatoms. The predicted octanol–water partition coefficient (Wildman–Crippen LogP) is 2.62. The highest BCUT2D eigenvalue weighted by Crippen LogP contribution is 2.23. The van der Waals surface area contributed by atoms with Gasteiger partial charge in [0.1, 0.15) is 0 Å². The van der Waals surface area contributed by atoms with Crippen LogP contribution in [0.15, 0.2) is 48.5 Å². The van der Waals surface area contributed by atoms with Crippen LogP contribution in [0.1, 0.15) is 34.6 Å². The molecule has 0 bridgehead atoms. The summed E-state index contributed by atoms with van der Waals surface area (Å²) in [7, 11) is 0. The summed E-state index contributed by atoms with van der Waals surface area (Å²) in [4.78, 5) is 27.3. The number of ether oxygens (including phenoxy) is 1. The molecule has 2 aromatic rings. The van der Waals surface area contributed by atoms with Gasteiger partial charge in [-0.15, -0.1) is 0 Å². The molecule has 1 heterocycles. The largest absolute Gasteiger partial charge is 0.378 e. The monoisotopic (exact) mass is 407 g/mol. The van der Waals surface area contributed by atoms with Crippen molar-refractivity contribution in [2.75, 3.05) is 32.8 Å². The molecule has 2 N–H and O–H groups in total. The van der Waals surface area contributed by atoms with E-state index in [1.54, 1.807) is 0 Å². The molecule has 3 amide bonds. The number of aryl methyl sites for hydroxylation is 2. The zero-order chi connectivity index (χ0) is 20.8. The first-order chi connectivity index (χ1) is 14.7. The highest BCUT2D eigenvalue weighted by Gasteiger charge is 2.27. The Hall–Kier alpha value is -2.86. The van der Waals surface area contributed by atoms with Gasteiger partial charge in [0.15, 0.2) is 0 Å². The van der Waals surface area contributed by atoms with Gasteiger partial charge < -0.3 is 20.3 Å². The lowest BCUT2D eigenvalue weighted by molar-refractivity contribution is -0.136. The van der Waals surface area contributed by atoms with Crippen LogP contribution in [0.2, 0.25) is 0 Å². The second-order valence-electron chi connectivity index (χ2n) is 7.92. The Balaban J connectivity index is 1.34. The summed E-state index contributed by atoms with van der Waals surface area (Å²) in [5.74, 6) is -0.376. The summed E-state index contributed by atoms with van der Waals surface area (Å²) in [5, 5.41) is 5.82. The second kappa shape index (κ2) is 9.76. The Morgan fingerprint density at radius 3 is 2.53 bits per heavy atom. The highest BCUT2D eigenvalue weighted by atomic mass is 16.5. The number of carbonyl (C=O) groups excluding carboxylic acids is 2. The highest BCUT2D eigenvalue weighted by molar-refractivity contribution is 5.85. The van der Waals surface area contributed by atoms with Gasteiger partial charge in [0.05, 0.1) is 19.1 Å². The molecule has 4 rings (SSSR count). The molecule has 1 atom stereocenters. The first kappa shape index (κ1) is 20.4. The lowest BCUT2D eigenvalue weighted by atomic mass is 9.97. The number of morpholine rings is 1. The van der Waals surface area contributed by atoms with Gasteiger partial charge in [-0.2, -0.15) is 0 Å². The first-order valence-corrected chi connectivity index (χ1v) is 10.7. The number of fused-ring (bicyclic) bond motifs is 1. The molecule has 1 aliphatic heterocycles.